The van der Waals surface area contributed by atoms with Crippen LogP contribution >= 0.6 is 7.60 Å². The predicted octanol–water partition coefficient (Wildman–Crippen LogP) is -0.510. The summed E-state index contributed by atoms with van der Waals surface area (Å²) in [5.74, 6) is -1.04. The average Bonchev–Trinajstić information content (AvgIpc) is 2.69. The molecule has 1 aliphatic rings. The van der Waals surface area contributed by atoms with Crippen LogP contribution in [0.15, 0.2) is 30.3 Å². The van der Waals surface area contributed by atoms with Crippen LogP contribution in [0, 0.1) is 0 Å². The Morgan fingerprint density at radius 3 is 2.60 bits per heavy atom. The molecular formula is C12H12NO6P-2. The molecule has 1 heterocycles. The number of hydrogen-bond acceptors (Lipinski definition) is 6. The van der Waals surface area contributed by atoms with Crippen molar-refractivity contribution >= 4 is 19.6 Å². The molecule has 20 heavy (non-hydrogen) atoms. The van der Waals surface area contributed by atoms with Gasteiger partial charge in [0.05, 0.1) is 12.2 Å². The highest BCUT2D eigenvalue weighted by Gasteiger charge is 2.37. The first-order valence-electron chi connectivity index (χ1n) is 5.90. The monoisotopic (exact) mass is 297 g/mol. The summed E-state index contributed by atoms with van der Waals surface area (Å²) in [6, 6.07) is 8.48. The highest BCUT2D eigenvalue weighted by atomic mass is 31.2. The Morgan fingerprint density at radius 1 is 1.35 bits per heavy atom. The Balaban J connectivity index is 2.11. The van der Waals surface area contributed by atoms with Gasteiger partial charge < -0.3 is 19.1 Å². The molecule has 8 heteroatoms. The summed E-state index contributed by atoms with van der Waals surface area (Å²) >= 11 is 0. The summed E-state index contributed by atoms with van der Waals surface area (Å²) in [6.07, 6.45) is -1.78. The van der Waals surface area contributed by atoms with Crippen LogP contribution in [0.5, 0.6) is 0 Å². The van der Waals surface area contributed by atoms with Crippen LogP contribution < -0.4 is 9.79 Å². The second-order valence-corrected chi connectivity index (χ2v) is 5.99. The number of carbonyl (C=O) groups is 2. The second-order valence-electron chi connectivity index (χ2n) is 4.45. The Bertz CT molecular complexity index is 554. The molecule has 1 aromatic carbocycles. The zero-order valence-corrected chi connectivity index (χ0v) is 11.3. The molecule has 0 saturated carbocycles. The van der Waals surface area contributed by atoms with Gasteiger partial charge in [-0.1, -0.05) is 37.9 Å². The maximum Gasteiger partial charge on any atom is 0.416 e. The maximum absolute atomic E-state index is 11.7. The SMILES string of the molecule is O=C(CP(=O)([O-])[O-])N1C(=O)OC[C@H]1Cc1ccccc1. The molecule has 0 aromatic heterocycles. The Labute approximate surface area is 115 Å². The molecule has 0 spiro atoms. The summed E-state index contributed by atoms with van der Waals surface area (Å²) in [5.41, 5.74) is 0.876. The van der Waals surface area contributed by atoms with Crippen molar-refractivity contribution in [1.82, 2.24) is 4.90 Å². The molecule has 0 radical (unpaired) electrons. The van der Waals surface area contributed by atoms with Crippen LogP contribution in [0.2, 0.25) is 0 Å². The minimum Gasteiger partial charge on any atom is -0.810 e. The minimum absolute atomic E-state index is 0.0124. The number of amides is 2. The molecule has 2 amide bonds. The van der Waals surface area contributed by atoms with Crippen LogP contribution in [0.3, 0.4) is 0 Å². The minimum atomic E-state index is -5.01. The molecule has 7 nitrogen and oxygen atoms in total. The smallest absolute Gasteiger partial charge is 0.416 e. The van der Waals surface area contributed by atoms with Gasteiger partial charge in [0, 0.05) is 0 Å². The van der Waals surface area contributed by atoms with Gasteiger partial charge in [-0.3, -0.25) is 4.79 Å². The number of ether oxygens (including phenoxy) is 1. The zero-order valence-electron chi connectivity index (χ0n) is 10.4. The molecule has 1 atom stereocenters. The van der Waals surface area contributed by atoms with Gasteiger partial charge in [0.2, 0.25) is 5.91 Å². The van der Waals surface area contributed by atoms with Crippen molar-refractivity contribution in [1.29, 1.82) is 0 Å². The number of imide groups is 1. The highest BCUT2D eigenvalue weighted by molar-refractivity contribution is 7.49. The molecule has 1 saturated heterocycles. The van der Waals surface area contributed by atoms with E-state index in [1.54, 1.807) is 0 Å². The topological polar surface area (TPSA) is 110 Å². The lowest BCUT2D eigenvalue weighted by Gasteiger charge is -2.30. The molecule has 0 N–H and O–H groups in total. The van der Waals surface area contributed by atoms with E-state index in [1.807, 2.05) is 30.3 Å². The molecule has 1 fully saturated rings. The van der Waals surface area contributed by atoms with Crippen molar-refractivity contribution in [3.8, 4) is 0 Å². The Kier molecular flexibility index (Phi) is 4.23. The zero-order chi connectivity index (χ0) is 14.8. The van der Waals surface area contributed by atoms with E-state index in [1.165, 1.54) is 0 Å². The van der Waals surface area contributed by atoms with Gasteiger partial charge in [0.15, 0.2) is 0 Å². The van der Waals surface area contributed by atoms with E-state index in [9.17, 15) is 23.9 Å². The Morgan fingerprint density at radius 2 is 2.00 bits per heavy atom. The normalized spacial score (nSPS) is 19.0. The first-order valence-corrected chi connectivity index (χ1v) is 7.63. The first-order chi connectivity index (χ1) is 9.37. The van der Waals surface area contributed by atoms with Crippen molar-refractivity contribution < 1.29 is 28.7 Å². The van der Waals surface area contributed by atoms with Gasteiger partial charge in [-0.2, -0.15) is 0 Å². The third-order valence-electron chi connectivity index (χ3n) is 2.87. The predicted molar refractivity (Wildman–Crippen MR) is 64.6 cm³/mol. The van der Waals surface area contributed by atoms with E-state index < -0.39 is 31.8 Å². The number of nitrogens with zero attached hydrogens (tertiary/aromatic N) is 1. The molecular weight excluding hydrogens is 285 g/mol. The van der Waals surface area contributed by atoms with Gasteiger partial charge in [-0.05, 0) is 12.0 Å². The summed E-state index contributed by atoms with van der Waals surface area (Å²) in [7, 11) is -5.01. The van der Waals surface area contributed by atoms with E-state index >= 15 is 0 Å². The van der Waals surface area contributed by atoms with E-state index in [2.05, 4.69) is 0 Å². The van der Waals surface area contributed by atoms with Gasteiger partial charge in [-0.25, -0.2) is 9.69 Å². The standard InChI is InChI=1S/C12H14NO6P/c14-11(8-20(16,17)18)13-10(7-19-12(13)15)6-9-4-2-1-3-5-9/h1-5,10H,6-8H2,(H2,16,17,18)/p-2/t10-/m1/s1. The van der Waals surface area contributed by atoms with Gasteiger partial charge >= 0.3 is 6.09 Å². The van der Waals surface area contributed by atoms with Crippen molar-refractivity contribution in [2.24, 2.45) is 0 Å². The summed E-state index contributed by atoms with van der Waals surface area (Å²) in [5, 5.41) is 0. The van der Waals surface area contributed by atoms with Crippen molar-refractivity contribution in [3.05, 3.63) is 35.9 Å². The molecule has 0 aliphatic carbocycles. The maximum atomic E-state index is 11.7. The number of rotatable bonds is 4. The van der Waals surface area contributed by atoms with Gasteiger partial charge in [0.25, 0.3) is 0 Å². The fourth-order valence-electron chi connectivity index (χ4n) is 2.04. The molecule has 108 valence electrons. The molecule has 1 aromatic rings. The number of benzene rings is 1. The van der Waals surface area contributed by atoms with Crippen LogP contribution in [-0.2, 0) is 20.5 Å². The average molecular weight is 297 g/mol. The van der Waals surface area contributed by atoms with E-state index in [0.717, 1.165) is 10.5 Å². The van der Waals surface area contributed by atoms with E-state index in [0.29, 0.717) is 6.42 Å². The van der Waals surface area contributed by atoms with Crippen LogP contribution in [0.1, 0.15) is 5.56 Å². The molecule has 0 unspecified atom stereocenters. The molecule has 2 rings (SSSR count). The number of carbonyl (C=O) groups excluding carboxylic acids is 2. The van der Waals surface area contributed by atoms with Crippen LogP contribution in [-0.4, -0.2) is 35.7 Å². The lowest BCUT2D eigenvalue weighted by molar-refractivity contribution is -0.312. The second kappa shape index (κ2) is 5.75. The summed E-state index contributed by atoms with van der Waals surface area (Å²) in [6.45, 7) is -0.0124. The fraction of sp³-hybridized carbons (Fsp3) is 0.333. The number of cyclic esters (lactones) is 1. The van der Waals surface area contributed by atoms with Crippen molar-refractivity contribution in [2.75, 3.05) is 12.8 Å². The number of hydrogen-bond donors (Lipinski definition) is 0. The summed E-state index contributed by atoms with van der Waals surface area (Å²) < 4.78 is 15.4. The third-order valence-corrected chi connectivity index (χ3v) is 3.53. The summed E-state index contributed by atoms with van der Waals surface area (Å²) in [4.78, 5) is 45.2. The van der Waals surface area contributed by atoms with Gasteiger partial charge in [-0.15, -0.1) is 0 Å². The highest BCUT2D eigenvalue weighted by Crippen LogP contribution is 2.26. The van der Waals surface area contributed by atoms with Crippen molar-refractivity contribution in [2.45, 2.75) is 12.5 Å². The Hall–Kier alpha value is -1.69. The van der Waals surface area contributed by atoms with E-state index in [4.69, 9.17) is 4.74 Å². The van der Waals surface area contributed by atoms with Crippen LogP contribution in [0.4, 0.5) is 4.79 Å². The lowest BCUT2D eigenvalue weighted by atomic mass is 10.1. The lowest BCUT2D eigenvalue weighted by Crippen LogP contribution is -2.43. The largest absolute Gasteiger partial charge is 0.810 e. The van der Waals surface area contributed by atoms with E-state index in [-0.39, 0.29) is 6.61 Å². The quantitative estimate of drug-likeness (QED) is 0.692. The van der Waals surface area contributed by atoms with Crippen molar-refractivity contribution in [3.63, 3.8) is 0 Å². The molecule has 0 bridgehead atoms. The third kappa shape index (κ3) is 3.66. The fourth-order valence-corrected chi connectivity index (χ4v) is 2.53. The molecule has 1 aliphatic heterocycles. The first kappa shape index (κ1) is 14.7. The van der Waals surface area contributed by atoms with Crippen LogP contribution in [0.25, 0.3) is 0 Å². The van der Waals surface area contributed by atoms with Gasteiger partial charge in [0.1, 0.15) is 6.61 Å².